The number of rotatable bonds is 60. The van der Waals surface area contributed by atoms with Crippen molar-refractivity contribution in [3.63, 3.8) is 0 Å². The number of carbonyl (C=O) groups is 6. The van der Waals surface area contributed by atoms with Crippen molar-refractivity contribution < 1.29 is 198 Å². The summed E-state index contributed by atoms with van der Waals surface area (Å²) in [6.07, 6.45) is -29.9. The van der Waals surface area contributed by atoms with Gasteiger partial charge in [0, 0.05) is 33.1 Å². The van der Waals surface area contributed by atoms with Gasteiger partial charge in [0.05, 0.1) is 82.7 Å². The summed E-state index contributed by atoms with van der Waals surface area (Å²) >= 11 is 0. The van der Waals surface area contributed by atoms with Crippen LogP contribution in [-0.2, 0) is 85.6 Å². The number of nitrogens with one attached hydrogen (secondary N) is 4. The third-order valence-corrected chi connectivity index (χ3v) is 24.2. The zero-order valence-electron chi connectivity index (χ0n) is 73.7. The van der Waals surface area contributed by atoms with E-state index in [0.29, 0.717) is 12.8 Å². The van der Waals surface area contributed by atoms with Crippen molar-refractivity contribution in [2.75, 3.05) is 52.9 Å². The molecule has 0 aromatic carbocycles. The van der Waals surface area contributed by atoms with E-state index in [4.69, 9.17) is 56.8 Å². The molecule has 0 aromatic rings. The number of carbonyl (C=O) groups excluding carboxylic acids is 4. The normalized spacial score (nSPS) is 34.9. The van der Waals surface area contributed by atoms with E-state index in [1.807, 2.05) is 6.08 Å². The molecule has 4 amide bonds. The molecule has 26 N–H and O–H groups in total. The van der Waals surface area contributed by atoms with Crippen molar-refractivity contribution in [2.45, 2.75) is 428 Å². The highest BCUT2D eigenvalue weighted by Gasteiger charge is 2.63. The molecule has 6 heterocycles. The standard InChI is InChI=1S/C84H148N4O40/c1-5-7-9-11-13-15-17-19-20-22-24-26-28-30-32-34-57(102)87-47(48(97)33-31-29-27-25-23-21-18-16-14-12-10-8-6-2)43-117-78-68(110)66(108)73(54(40-92)120-78)125-79-69(111)67(109)72(55(41-93)121-79)123-77-61(86-46(4)96)65(107)71(53(39-91)119-77)124-80-70(112)76(128-84(82(115)116)36-50(99)59(85-45(3)95)74(127-84)62(104)51(100)37-89)64(106)56(122-80)44-118-83(81(113)114)35-49(98)60(88-58(103)42-94)75(126-83)63(105)52(101)38-90/h31,33,47-56,59-80,89-94,97-101,104-112H,5-30,32,34-44H2,1-4H3,(H,85,95)(H,86,96)(H,87,102)(H,88,103)(H,113,114)(H,115,116). The van der Waals surface area contributed by atoms with Crippen molar-refractivity contribution in [1.82, 2.24) is 21.3 Å². The van der Waals surface area contributed by atoms with E-state index in [-0.39, 0.29) is 12.3 Å². The molecule has 6 aliphatic heterocycles. The summed E-state index contributed by atoms with van der Waals surface area (Å²) in [6, 6.07) is -6.87. The minimum absolute atomic E-state index is 0.144. The number of carboxylic acids is 2. The number of aliphatic carboxylic acids is 2. The molecule has 34 unspecified atom stereocenters. The molecule has 6 fully saturated rings. The minimum Gasteiger partial charge on any atom is -0.477 e. The summed E-state index contributed by atoms with van der Waals surface area (Å²) in [4.78, 5) is 78.5. The second-order valence-electron chi connectivity index (χ2n) is 34.3. The lowest BCUT2D eigenvalue weighted by molar-refractivity contribution is -0.393. The fourth-order valence-corrected chi connectivity index (χ4v) is 16.8. The fraction of sp³-hybridized carbons (Fsp3) is 0.905. The number of hydrogen-bond donors (Lipinski definition) is 26. The van der Waals surface area contributed by atoms with Crippen LogP contribution < -0.4 is 21.3 Å². The number of amides is 4. The largest absolute Gasteiger partial charge is 0.477 e. The first-order chi connectivity index (χ1) is 61.1. The Labute approximate surface area is 744 Å². The fourth-order valence-electron chi connectivity index (χ4n) is 16.8. The maximum Gasteiger partial charge on any atom is 0.364 e. The van der Waals surface area contributed by atoms with Gasteiger partial charge in [0.2, 0.25) is 23.6 Å². The lowest BCUT2D eigenvalue weighted by atomic mass is 9.88. The Bertz CT molecular complexity index is 3220. The smallest absolute Gasteiger partial charge is 0.364 e. The van der Waals surface area contributed by atoms with E-state index >= 15 is 0 Å². The maximum absolute atomic E-state index is 13.6. The Kier molecular flexibility index (Phi) is 50.1. The zero-order valence-corrected chi connectivity index (χ0v) is 73.7. The summed E-state index contributed by atoms with van der Waals surface area (Å²) in [5.41, 5.74) is 0. The number of aliphatic hydroxyl groups is 20. The predicted octanol–water partition coefficient (Wildman–Crippen LogP) is -4.90. The van der Waals surface area contributed by atoms with Gasteiger partial charge in [0.25, 0.3) is 11.6 Å². The van der Waals surface area contributed by atoms with Gasteiger partial charge in [0.1, 0.15) is 141 Å². The van der Waals surface area contributed by atoms with Crippen LogP contribution in [0.4, 0.5) is 0 Å². The van der Waals surface area contributed by atoms with Gasteiger partial charge in [0.15, 0.2) is 25.2 Å². The zero-order chi connectivity index (χ0) is 94.5. The summed E-state index contributed by atoms with van der Waals surface area (Å²) in [5.74, 6) is -14.7. The lowest BCUT2D eigenvalue weighted by Crippen LogP contribution is -2.71. The van der Waals surface area contributed by atoms with Crippen LogP contribution in [0.25, 0.3) is 0 Å². The van der Waals surface area contributed by atoms with E-state index in [9.17, 15) is 141 Å². The van der Waals surface area contributed by atoms with Crippen molar-refractivity contribution in [3.8, 4) is 0 Å². The molecular formula is C84H148N4O40. The van der Waals surface area contributed by atoms with Gasteiger partial charge in [-0.3, -0.25) is 19.2 Å². The van der Waals surface area contributed by atoms with E-state index in [2.05, 4.69) is 35.1 Å². The van der Waals surface area contributed by atoms with Crippen LogP contribution in [0, 0.1) is 0 Å². The molecule has 0 radical (unpaired) electrons. The molecule has 6 rings (SSSR count). The summed E-state index contributed by atoms with van der Waals surface area (Å²) in [5, 5.41) is 255. The average Bonchev–Trinajstić information content (AvgIpc) is 0.750. The van der Waals surface area contributed by atoms with Crippen LogP contribution >= 0.6 is 0 Å². The molecular weight excluding hydrogens is 1700 g/mol. The van der Waals surface area contributed by atoms with E-state index < -0.39 is 303 Å². The van der Waals surface area contributed by atoms with Gasteiger partial charge in [-0.2, -0.15) is 0 Å². The Morgan fingerprint density at radius 2 is 0.820 bits per heavy atom. The van der Waals surface area contributed by atoms with Crippen LogP contribution in [0.1, 0.15) is 220 Å². The monoisotopic (exact) mass is 1850 g/mol. The second kappa shape index (κ2) is 57.2. The summed E-state index contributed by atoms with van der Waals surface area (Å²) in [7, 11) is 0. The summed E-state index contributed by atoms with van der Waals surface area (Å²) < 4.78 is 71.0. The molecule has 0 aliphatic carbocycles. The molecule has 0 saturated carbocycles. The number of unbranched alkanes of at least 4 members (excludes halogenated alkanes) is 25. The van der Waals surface area contributed by atoms with Gasteiger partial charge in [-0.15, -0.1) is 0 Å². The Hall–Kier alpha value is -4.72. The van der Waals surface area contributed by atoms with Gasteiger partial charge in [-0.25, -0.2) is 9.59 Å². The Balaban J connectivity index is 1.19. The molecule has 0 bridgehead atoms. The van der Waals surface area contributed by atoms with Gasteiger partial charge >= 0.3 is 11.9 Å². The highest BCUT2D eigenvalue weighted by molar-refractivity contribution is 5.79. The number of carboxylic acid groups (broad SMARTS) is 2. The van der Waals surface area contributed by atoms with Crippen molar-refractivity contribution in [2.24, 2.45) is 0 Å². The first kappa shape index (κ1) is 112. The maximum atomic E-state index is 13.6. The van der Waals surface area contributed by atoms with E-state index in [1.54, 1.807) is 6.08 Å². The predicted molar refractivity (Wildman–Crippen MR) is 441 cm³/mol. The number of hydrogen-bond acceptors (Lipinski definition) is 38. The molecule has 128 heavy (non-hydrogen) atoms. The molecule has 44 nitrogen and oxygen atoms in total. The first-order valence-electron chi connectivity index (χ1n) is 45.4. The Morgan fingerprint density at radius 1 is 0.430 bits per heavy atom. The lowest BCUT2D eigenvalue weighted by Gasteiger charge is -2.51. The minimum atomic E-state index is -3.47. The summed E-state index contributed by atoms with van der Waals surface area (Å²) in [6.45, 7) is -2.83. The molecule has 44 heteroatoms. The third-order valence-electron chi connectivity index (χ3n) is 24.2. The van der Waals surface area contributed by atoms with Crippen molar-refractivity contribution >= 4 is 35.6 Å². The van der Waals surface area contributed by atoms with Gasteiger partial charge in [-0.05, 0) is 19.3 Å². The highest BCUT2D eigenvalue weighted by atomic mass is 16.8. The van der Waals surface area contributed by atoms with Gasteiger partial charge < -0.3 is 190 Å². The van der Waals surface area contributed by atoms with E-state index in [1.165, 1.54) is 103 Å². The SMILES string of the molecule is CCCCCCCCCCCCCC=CC(O)C(COC1OC(CO)C(OC2OC(CO)C(OC3OC(CO)C(OC4OC(COC5(C(=O)O)CC(O)C(NC(=O)CO)C(C(O)C(O)CO)O5)C(O)C(OC5(C(=O)O)CC(O)C(NC(C)=O)C(C(O)C(O)CO)O5)C4O)C(O)C3NC(C)=O)C(O)C2O)C(O)C1O)NC(=O)CCCCCCCCCCCCCCCCC. The molecule has 0 aromatic heterocycles. The topological polar surface area (TPSA) is 706 Å². The van der Waals surface area contributed by atoms with Crippen LogP contribution in [0.5, 0.6) is 0 Å². The highest BCUT2D eigenvalue weighted by Crippen LogP contribution is 2.42. The van der Waals surface area contributed by atoms with Crippen molar-refractivity contribution in [1.29, 1.82) is 0 Å². The molecule has 6 saturated heterocycles. The van der Waals surface area contributed by atoms with Crippen LogP contribution in [-0.4, -0.2) is 408 Å². The van der Waals surface area contributed by atoms with Gasteiger partial charge in [-0.1, -0.05) is 180 Å². The van der Waals surface area contributed by atoms with E-state index in [0.717, 1.165) is 71.6 Å². The molecule has 0 spiro atoms. The Morgan fingerprint density at radius 3 is 1.27 bits per heavy atom. The van der Waals surface area contributed by atoms with Crippen LogP contribution in [0.15, 0.2) is 12.2 Å². The third kappa shape index (κ3) is 32.8. The molecule has 34 atom stereocenters. The second-order valence-corrected chi connectivity index (χ2v) is 34.3. The quantitative estimate of drug-likeness (QED) is 0.0200. The number of aliphatic hydroxyl groups excluding tert-OH is 20. The molecule has 744 valence electrons. The number of allylic oxidation sites excluding steroid dienone is 1. The van der Waals surface area contributed by atoms with Crippen molar-refractivity contribution in [3.05, 3.63) is 12.2 Å². The number of ether oxygens (including phenoxy) is 12. The molecule has 6 aliphatic rings. The van der Waals surface area contributed by atoms with Crippen LogP contribution in [0.3, 0.4) is 0 Å². The van der Waals surface area contributed by atoms with Crippen LogP contribution in [0.2, 0.25) is 0 Å². The average molecular weight is 1850 g/mol. The first-order valence-corrected chi connectivity index (χ1v) is 45.4.